The van der Waals surface area contributed by atoms with Gasteiger partial charge in [-0.2, -0.15) is 0 Å². The summed E-state index contributed by atoms with van der Waals surface area (Å²) in [4.78, 5) is 0. The molecule has 0 aliphatic heterocycles. The first-order chi connectivity index (χ1) is 4.35. The molecule has 0 unspecified atom stereocenters. The molecule has 54 valence electrons. The first-order valence-electron chi connectivity index (χ1n) is 2.81. The van der Waals surface area contributed by atoms with Gasteiger partial charge in [-0.1, -0.05) is 6.08 Å². The summed E-state index contributed by atoms with van der Waals surface area (Å²) >= 11 is 0. The van der Waals surface area contributed by atoms with Crippen molar-refractivity contribution in [2.24, 2.45) is 0 Å². The maximum Gasteiger partial charge on any atom is 0.170 e. The van der Waals surface area contributed by atoms with Crippen LogP contribution in [0.1, 0.15) is 6.42 Å². The Morgan fingerprint density at radius 1 is 1.44 bits per heavy atom. The molecule has 0 fully saturated rings. The molecule has 0 radical (unpaired) electrons. The third-order valence-electron chi connectivity index (χ3n) is 0.923. The van der Waals surface area contributed by atoms with Gasteiger partial charge in [0, 0.05) is 20.4 Å². The largest absolute Gasteiger partial charge is 0.337 e. The molecule has 0 N–H and O–H groups in total. The monoisotopic (exact) mass is 148 g/mol. The molecule has 0 aliphatic carbocycles. The number of hydrogen-bond donors (Lipinski definition) is 0. The summed E-state index contributed by atoms with van der Waals surface area (Å²) in [5, 5.41) is 0. The van der Waals surface area contributed by atoms with Crippen molar-refractivity contribution in [3.05, 3.63) is 12.7 Å². The van der Waals surface area contributed by atoms with Crippen molar-refractivity contribution in [1.29, 1.82) is 0 Å². The normalized spacial score (nSPS) is 10.1. The van der Waals surface area contributed by atoms with E-state index in [4.69, 9.17) is 9.05 Å². The van der Waals surface area contributed by atoms with Gasteiger partial charge in [0.1, 0.15) is 0 Å². The number of rotatable bonds is 5. The highest BCUT2D eigenvalue weighted by Gasteiger charge is 2.02. The molecule has 0 aromatic rings. The van der Waals surface area contributed by atoms with Crippen LogP contribution in [0.25, 0.3) is 0 Å². The highest BCUT2D eigenvalue weighted by molar-refractivity contribution is 7.47. The van der Waals surface area contributed by atoms with E-state index in [1.807, 2.05) is 6.08 Å². The van der Waals surface area contributed by atoms with Gasteiger partial charge in [-0.25, -0.2) is 0 Å². The Morgan fingerprint density at radius 2 is 2.00 bits per heavy atom. The molecule has 0 atom stereocenters. The Morgan fingerprint density at radius 3 is 2.33 bits per heavy atom. The SMILES string of the molecule is C=CCCP(OC)OC. The van der Waals surface area contributed by atoms with Crippen molar-refractivity contribution in [1.82, 2.24) is 0 Å². The predicted molar refractivity (Wildman–Crippen MR) is 40.6 cm³/mol. The molecular formula is C6H13O2P. The molecule has 9 heavy (non-hydrogen) atoms. The second-order valence-corrected chi connectivity index (χ2v) is 3.34. The Kier molecular flexibility index (Phi) is 6.28. The molecule has 0 spiro atoms. The predicted octanol–water partition coefficient (Wildman–Crippen LogP) is 2.17. The van der Waals surface area contributed by atoms with Gasteiger partial charge in [0.15, 0.2) is 8.38 Å². The van der Waals surface area contributed by atoms with Crippen molar-refractivity contribution < 1.29 is 9.05 Å². The van der Waals surface area contributed by atoms with Gasteiger partial charge in [-0.3, -0.25) is 0 Å². The lowest BCUT2D eigenvalue weighted by molar-refractivity contribution is 0.340. The third-order valence-corrected chi connectivity index (χ3v) is 2.36. The maximum absolute atomic E-state index is 5.00. The van der Waals surface area contributed by atoms with Crippen LogP contribution >= 0.6 is 8.38 Å². The first kappa shape index (κ1) is 9.09. The van der Waals surface area contributed by atoms with E-state index in [0.29, 0.717) is 0 Å². The van der Waals surface area contributed by atoms with Crippen LogP contribution in [0, 0.1) is 0 Å². The zero-order valence-corrected chi connectivity index (χ0v) is 6.86. The zero-order chi connectivity index (χ0) is 7.11. The summed E-state index contributed by atoms with van der Waals surface area (Å²) in [6.07, 6.45) is 3.78. The van der Waals surface area contributed by atoms with E-state index in [9.17, 15) is 0 Å². The van der Waals surface area contributed by atoms with E-state index in [0.717, 1.165) is 12.6 Å². The Balaban J connectivity index is 3.19. The zero-order valence-electron chi connectivity index (χ0n) is 5.96. The van der Waals surface area contributed by atoms with E-state index in [2.05, 4.69) is 6.58 Å². The Bertz CT molecular complexity index is 71.5. The number of hydrogen-bond acceptors (Lipinski definition) is 2. The number of allylic oxidation sites excluding steroid dienone is 1. The second-order valence-electron chi connectivity index (χ2n) is 1.50. The van der Waals surface area contributed by atoms with Gasteiger partial charge < -0.3 is 9.05 Å². The standard InChI is InChI=1S/C6H13O2P/c1-4-5-6-9(7-2)8-3/h4H,1,5-6H2,2-3H3. The average Bonchev–Trinajstić information content (AvgIpc) is 1.91. The van der Waals surface area contributed by atoms with Crippen LogP contribution in [0.2, 0.25) is 0 Å². The van der Waals surface area contributed by atoms with Crippen molar-refractivity contribution in [2.45, 2.75) is 6.42 Å². The molecule has 2 nitrogen and oxygen atoms in total. The van der Waals surface area contributed by atoms with Gasteiger partial charge >= 0.3 is 0 Å². The van der Waals surface area contributed by atoms with Crippen molar-refractivity contribution in [2.75, 3.05) is 20.4 Å². The highest BCUT2D eigenvalue weighted by Crippen LogP contribution is 2.36. The minimum absolute atomic E-state index is 0.633. The summed E-state index contributed by atoms with van der Waals surface area (Å²) in [5.41, 5.74) is 0. The average molecular weight is 148 g/mol. The van der Waals surface area contributed by atoms with Crippen molar-refractivity contribution in [3.8, 4) is 0 Å². The van der Waals surface area contributed by atoms with Gasteiger partial charge in [0.05, 0.1) is 0 Å². The molecule has 0 aliphatic rings. The van der Waals surface area contributed by atoms with E-state index in [1.165, 1.54) is 0 Å². The minimum Gasteiger partial charge on any atom is -0.337 e. The van der Waals surface area contributed by atoms with Crippen LogP contribution in [0.4, 0.5) is 0 Å². The molecule has 0 saturated carbocycles. The van der Waals surface area contributed by atoms with E-state index in [-0.39, 0.29) is 0 Å². The Labute approximate surface area is 57.8 Å². The lowest BCUT2D eigenvalue weighted by Crippen LogP contribution is -1.86. The van der Waals surface area contributed by atoms with E-state index < -0.39 is 8.38 Å². The van der Waals surface area contributed by atoms with Gasteiger partial charge in [-0.05, 0) is 6.42 Å². The van der Waals surface area contributed by atoms with Crippen LogP contribution in [0.15, 0.2) is 12.7 Å². The molecule has 0 saturated heterocycles. The van der Waals surface area contributed by atoms with Crippen LogP contribution in [0.3, 0.4) is 0 Å². The van der Waals surface area contributed by atoms with Gasteiger partial charge in [0.2, 0.25) is 0 Å². The fraction of sp³-hybridized carbons (Fsp3) is 0.667. The van der Waals surface area contributed by atoms with Crippen LogP contribution in [0.5, 0.6) is 0 Å². The minimum atomic E-state index is -0.633. The quantitative estimate of drug-likeness (QED) is 0.439. The first-order valence-corrected chi connectivity index (χ1v) is 4.18. The molecule has 3 heteroatoms. The topological polar surface area (TPSA) is 18.5 Å². The molecule has 0 amide bonds. The molecule has 0 rings (SSSR count). The van der Waals surface area contributed by atoms with Crippen LogP contribution in [-0.2, 0) is 9.05 Å². The fourth-order valence-electron chi connectivity index (χ4n) is 0.454. The Hall–Kier alpha value is 0.0900. The lowest BCUT2D eigenvalue weighted by atomic mass is 10.5. The van der Waals surface area contributed by atoms with Crippen LogP contribution < -0.4 is 0 Å². The summed E-state index contributed by atoms with van der Waals surface area (Å²) in [7, 11) is 2.70. The van der Waals surface area contributed by atoms with Crippen LogP contribution in [-0.4, -0.2) is 20.4 Å². The second kappa shape index (κ2) is 6.21. The molecule has 0 aromatic carbocycles. The lowest BCUT2D eigenvalue weighted by Gasteiger charge is -2.09. The summed E-state index contributed by atoms with van der Waals surface area (Å²) < 4.78 is 9.99. The maximum atomic E-state index is 5.00. The van der Waals surface area contributed by atoms with Gasteiger partial charge in [0.25, 0.3) is 0 Å². The molecular weight excluding hydrogens is 135 g/mol. The summed E-state index contributed by atoms with van der Waals surface area (Å²) in [5.74, 6) is 0. The summed E-state index contributed by atoms with van der Waals surface area (Å²) in [6.45, 7) is 3.60. The highest BCUT2D eigenvalue weighted by atomic mass is 31.2. The van der Waals surface area contributed by atoms with Crippen molar-refractivity contribution >= 4 is 8.38 Å². The summed E-state index contributed by atoms with van der Waals surface area (Å²) in [6, 6.07) is 0. The van der Waals surface area contributed by atoms with E-state index in [1.54, 1.807) is 14.2 Å². The fourth-order valence-corrected chi connectivity index (χ4v) is 1.36. The van der Waals surface area contributed by atoms with E-state index >= 15 is 0 Å². The molecule has 0 aromatic heterocycles. The van der Waals surface area contributed by atoms with Crippen molar-refractivity contribution in [3.63, 3.8) is 0 Å². The van der Waals surface area contributed by atoms with Gasteiger partial charge in [-0.15, -0.1) is 6.58 Å². The molecule has 0 bridgehead atoms. The smallest absolute Gasteiger partial charge is 0.170 e. The third kappa shape index (κ3) is 4.58. The molecule has 0 heterocycles.